The Morgan fingerprint density at radius 2 is 1.72 bits per heavy atom. The van der Waals surface area contributed by atoms with Crippen molar-refractivity contribution in [3.05, 3.63) is 17.2 Å². The minimum Gasteiger partial charge on any atom is -0.350 e. The van der Waals surface area contributed by atoms with Crippen molar-refractivity contribution in [2.24, 2.45) is 5.92 Å². The van der Waals surface area contributed by atoms with E-state index in [9.17, 15) is 9.59 Å². The summed E-state index contributed by atoms with van der Waals surface area (Å²) in [4.78, 5) is 32.1. The van der Waals surface area contributed by atoms with Crippen LogP contribution in [0.4, 0.5) is 0 Å². The lowest BCUT2D eigenvalue weighted by molar-refractivity contribution is 0.0743. The number of carbonyl (C=O) groups is 2. The first-order valence-corrected chi connectivity index (χ1v) is 9.75. The van der Waals surface area contributed by atoms with Crippen LogP contribution in [0.1, 0.15) is 79.2 Å². The number of aromatic nitrogens is 2. The molecule has 0 unspecified atom stereocenters. The van der Waals surface area contributed by atoms with Crippen LogP contribution in [0.25, 0.3) is 0 Å². The molecule has 0 aromatic carbocycles. The number of nitrogens with one attached hydrogen (secondary N) is 1. The van der Waals surface area contributed by atoms with Gasteiger partial charge in [0.1, 0.15) is 5.69 Å². The largest absolute Gasteiger partial charge is 0.350 e. The minimum atomic E-state index is -0.144. The van der Waals surface area contributed by atoms with Gasteiger partial charge in [-0.1, -0.05) is 26.7 Å². The fourth-order valence-corrected chi connectivity index (χ4v) is 3.68. The number of likely N-dealkylation sites (tertiary alicyclic amines) is 1. The van der Waals surface area contributed by atoms with E-state index < -0.39 is 0 Å². The molecule has 2 amide bonds. The Bertz CT molecular complexity index is 628. The quantitative estimate of drug-likeness (QED) is 0.911. The van der Waals surface area contributed by atoms with Gasteiger partial charge in [0.05, 0.1) is 5.69 Å². The molecule has 3 heterocycles. The van der Waals surface area contributed by atoms with Crippen molar-refractivity contribution in [2.45, 2.75) is 65.3 Å². The average molecular weight is 346 g/mol. The van der Waals surface area contributed by atoms with Crippen molar-refractivity contribution in [2.75, 3.05) is 19.6 Å². The average Bonchev–Trinajstić information content (AvgIpc) is 2.79. The highest BCUT2D eigenvalue weighted by atomic mass is 16.2. The van der Waals surface area contributed by atoms with E-state index in [0.29, 0.717) is 24.0 Å². The molecule has 1 aromatic heterocycles. The van der Waals surface area contributed by atoms with Gasteiger partial charge >= 0.3 is 0 Å². The molecule has 0 atom stereocenters. The number of nitrogens with zero attached hydrogens (tertiary/aromatic N) is 3. The summed E-state index contributed by atoms with van der Waals surface area (Å²) in [5.41, 5.74) is 1.39. The zero-order valence-corrected chi connectivity index (χ0v) is 15.5. The molecule has 0 bridgehead atoms. The SMILES string of the molecule is CC(C)CNC(=O)c1nc(C(=O)N2CCCCCC2)n2c1CCCC2. The highest BCUT2D eigenvalue weighted by Gasteiger charge is 2.29. The second-order valence-electron chi connectivity index (χ2n) is 7.65. The van der Waals surface area contributed by atoms with Gasteiger partial charge in [-0.15, -0.1) is 0 Å². The third kappa shape index (κ3) is 4.05. The van der Waals surface area contributed by atoms with Gasteiger partial charge in [0.15, 0.2) is 5.82 Å². The van der Waals surface area contributed by atoms with Gasteiger partial charge in [0.25, 0.3) is 11.8 Å². The standard InChI is InChI=1S/C19H30N4O2/c1-14(2)13-20-18(24)16-15-9-5-8-12-23(15)17(21-16)19(25)22-10-6-3-4-7-11-22/h14H,3-13H2,1-2H3,(H,20,24). The molecule has 0 spiro atoms. The molecule has 1 aromatic rings. The maximum absolute atomic E-state index is 13.0. The number of carbonyl (C=O) groups excluding carboxylic acids is 2. The first-order chi connectivity index (χ1) is 12.1. The van der Waals surface area contributed by atoms with Crippen LogP contribution in [0.15, 0.2) is 0 Å². The van der Waals surface area contributed by atoms with Gasteiger partial charge in [-0.25, -0.2) is 4.98 Å². The number of hydrogen-bond donors (Lipinski definition) is 1. The third-order valence-electron chi connectivity index (χ3n) is 5.09. The van der Waals surface area contributed by atoms with E-state index in [4.69, 9.17) is 0 Å². The van der Waals surface area contributed by atoms with Gasteiger partial charge in [-0.2, -0.15) is 0 Å². The van der Waals surface area contributed by atoms with E-state index in [2.05, 4.69) is 24.1 Å². The number of rotatable bonds is 4. The van der Waals surface area contributed by atoms with E-state index in [1.54, 1.807) is 0 Å². The lowest BCUT2D eigenvalue weighted by Gasteiger charge is -2.22. The smallest absolute Gasteiger partial charge is 0.289 e. The Balaban J connectivity index is 1.86. The Kier molecular flexibility index (Phi) is 5.76. The fourth-order valence-electron chi connectivity index (χ4n) is 3.68. The number of imidazole rings is 1. The van der Waals surface area contributed by atoms with E-state index in [0.717, 1.165) is 57.4 Å². The van der Waals surface area contributed by atoms with Crippen molar-refractivity contribution in [1.29, 1.82) is 0 Å². The van der Waals surface area contributed by atoms with Crippen LogP contribution in [-0.4, -0.2) is 45.9 Å². The van der Waals surface area contributed by atoms with Crippen LogP contribution in [0, 0.1) is 5.92 Å². The maximum Gasteiger partial charge on any atom is 0.289 e. The molecular formula is C19H30N4O2. The molecule has 2 aliphatic rings. The molecule has 2 aliphatic heterocycles. The van der Waals surface area contributed by atoms with Crippen molar-refractivity contribution < 1.29 is 9.59 Å². The predicted octanol–water partition coefficient (Wildman–Crippen LogP) is 2.62. The van der Waals surface area contributed by atoms with Crippen molar-refractivity contribution in [1.82, 2.24) is 19.8 Å². The van der Waals surface area contributed by atoms with Crippen LogP contribution < -0.4 is 5.32 Å². The molecule has 0 aliphatic carbocycles. The summed E-state index contributed by atoms with van der Waals surface area (Å²) >= 11 is 0. The lowest BCUT2D eigenvalue weighted by atomic mass is 10.1. The second kappa shape index (κ2) is 8.02. The Labute approximate surface area is 150 Å². The Morgan fingerprint density at radius 1 is 1.04 bits per heavy atom. The molecule has 0 saturated carbocycles. The van der Waals surface area contributed by atoms with Crippen molar-refractivity contribution in [3.63, 3.8) is 0 Å². The summed E-state index contributed by atoms with van der Waals surface area (Å²) in [5, 5.41) is 2.95. The monoisotopic (exact) mass is 346 g/mol. The van der Waals surface area contributed by atoms with E-state index in [-0.39, 0.29) is 11.8 Å². The topological polar surface area (TPSA) is 67.2 Å². The third-order valence-corrected chi connectivity index (χ3v) is 5.09. The second-order valence-corrected chi connectivity index (χ2v) is 7.65. The normalized spacial score (nSPS) is 18.0. The van der Waals surface area contributed by atoms with Crippen LogP contribution >= 0.6 is 0 Å². The van der Waals surface area contributed by atoms with Crippen molar-refractivity contribution >= 4 is 11.8 Å². The molecule has 138 valence electrons. The highest BCUT2D eigenvalue weighted by Crippen LogP contribution is 2.23. The summed E-state index contributed by atoms with van der Waals surface area (Å²) in [6.07, 6.45) is 7.40. The van der Waals surface area contributed by atoms with Gasteiger partial charge in [-0.05, 0) is 38.0 Å². The molecule has 25 heavy (non-hydrogen) atoms. The molecule has 0 radical (unpaired) electrons. The number of fused-ring (bicyclic) bond motifs is 1. The molecular weight excluding hydrogens is 316 g/mol. The molecule has 3 rings (SSSR count). The van der Waals surface area contributed by atoms with Gasteiger partial charge in [0.2, 0.25) is 0 Å². The van der Waals surface area contributed by atoms with Gasteiger partial charge in [0, 0.05) is 26.2 Å². The van der Waals surface area contributed by atoms with E-state index in [1.165, 1.54) is 12.8 Å². The molecule has 6 nitrogen and oxygen atoms in total. The zero-order chi connectivity index (χ0) is 17.8. The minimum absolute atomic E-state index is 0.00652. The zero-order valence-electron chi connectivity index (χ0n) is 15.5. The lowest BCUT2D eigenvalue weighted by Crippen LogP contribution is -2.34. The van der Waals surface area contributed by atoms with Crippen LogP contribution in [0.5, 0.6) is 0 Å². The van der Waals surface area contributed by atoms with Crippen LogP contribution in [-0.2, 0) is 13.0 Å². The number of hydrogen-bond acceptors (Lipinski definition) is 3. The fraction of sp³-hybridized carbons (Fsp3) is 0.737. The predicted molar refractivity (Wildman–Crippen MR) is 96.7 cm³/mol. The number of amides is 2. The summed E-state index contributed by atoms with van der Waals surface area (Å²) in [6, 6.07) is 0. The Hall–Kier alpha value is -1.85. The Morgan fingerprint density at radius 3 is 2.40 bits per heavy atom. The van der Waals surface area contributed by atoms with Crippen LogP contribution in [0.2, 0.25) is 0 Å². The van der Waals surface area contributed by atoms with Gasteiger partial charge in [-0.3, -0.25) is 9.59 Å². The molecule has 1 N–H and O–H groups in total. The molecule has 1 saturated heterocycles. The van der Waals surface area contributed by atoms with Crippen LogP contribution in [0.3, 0.4) is 0 Å². The maximum atomic E-state index is 13.0. The first kappa shape index (κ1) is 18.0. The molecule has 1 fully saturated rings. The highest BCUT2D eigenvalue weighted by molar-refractivity contribution is 5.97. The van der Waals surface area contributed by atoms with Gasteiger partial charge < -0.3 is 14.8 Å². The first-order valence-electron chi connectivity index (χ1n) is 9.75. The van der Waals surface area contributed by atoms with E-state index >= 15 is 0 Å². The summed E-state index contributed by atoms with van der Waals surface area (Å²) < 4.78 is 2.00. The summed E-state index contributed by atoms with van der Waals surface area (Å²) in [7, 11) is 0. The van der Waals surface area contributed by atoms with Crippen molar-refractivity contribution in [3.8, 4) is 0 Å². The summed E-state index contributed by atoms with van der Waals surface area (Å²) in [6.45, 7) is 7.15. The summed E-state index contributed by atoms with van der Waals surface area (Å²) in [5.74, 6) is 0.703. The van der Waals surface area contributed by atoms with E-state index in [1.807, 2.05) is 9.47 Å². The molecule has 6 heteroatoms.